The predicted octanol–water partition coefficient (Wildman–Crippen LogP) is 0.378. The van der Waals surface area contributed by atoms with Crippen molar-refractivity contribution in [1.82, 2.24) is 0 Å². The second-order valence-corrected chi connectivity index (χ2v) is 13.0. The van der Waals surface area contributed by atoms with Gasteiger partial charge >= 0.3 is 0 Å². The molecule has 0 aliphatic rings. The molecule has 16 heavy (non-hydrogen) atoms. The molecule has 0 unspecified atom stereocenters. The minimum atomic E-state index is -0.965. The predicted molar refractivity (Wildman–Crippen MR) is 73.1 cm³/mol. The Morgan fingerprint density at radius 2 is 1.75 bits per heavy atom. The van der Waals surface area contributed by atoms with Gasteiger partial charge in [0.05, 0.1) is 21.1 Å². The lowest BCUT2D eigenvalue weighted by molar-refractivity contribution is -0.884. The van der Waals surface area contributed by atoms with Crippen LogP contribution in [0.5, 0.6) is 0 Å². The van der Waals surface area contributed by atoms with E-state index < -0.39 is 8.07 Å². The second kappa shape index (κ2) is 5.98. The summed E-state index contributed by atoms with van der Waals surface area (Å²) in [6, 6.07) is 3.64. The summed E-state index contributed by atoms with van der Waals surface area (Å²) in [4.78, 5) is 1.63. The number of rotatable bonds is 4. The second-order valence-electron chi connectivity index (χ2n) is 6.55. The van der Waals surface area contributed by atoms with Crippen LogP contribution in [0.15, 0.2) is 11.4 Å². The van der Waals surface area contributed by atoms with Crippen LogP contribution >= 0.6 is 11.3 Å². The molecule has 1 rings (SSSR count). The quantitative estimate of drug-likeness (QED) is 0.409. The Kier molecular flexibility index (Phi) is 6.20. The average Bonchev–Trinajstić information content (AvgIpc) is 2.29. The molecule has 0 bridgehead atoms. The Labute approximate surface area is 122 Å². The summed E-state index contributed by atoms with van der Waals surface area (Å²) in [6.45, 7) is 8.50. The lowest BCUT2D eigenvalue weighted by Gasteiger charge is -2.25. The maximum absolute atomic E-state index is 2.45. The summed E-state index contributed by atoms with van der Waals surface area (Å²) in [6.07, 6.45) is 0. The largest absolute Gasteiger partial charge is 1.00 e. The molecule has 0 aliphatic carbocycles. The van der Waals surface area contributed by atoms with Crippen molar-refractivity contribution in [3.05, 3.63) is 21.9 Å². The third kappa shape index (κ3) is 6.37. The van der Waals surface area contributed by atoms with Crippen LogP contribution in [-0.2, 0) is 12.6 Å². The first-order valence-corrected chi connectivity index (χ1v) is 10.1. The van der Waals surface area contributed by atoms with Crippen molar-refractivity contribution in [2.24, 2.45) is 0 Å². The Morgan fingerprint density at radius 3 is 2.19 bits per heavy atom. The minimum Gasteiger partial charge on any atom is -1.00 e. The summed E-state index contributed by atoms with van der Waals surface area (Å²) in [5, 5.41) is 2.25. The fraction of sp³-hybridized carbons (Fsp3) is 0.667. The van der Waals surface area contributed by atoms with Crippen molar-refractivity contribution in [3.8, 4) is 0 Å². The highest BCUT2D eigenvalue weighted by Gasteiger charge is 2.19. The van der Waals surface area contributed by atoms with Gasteiger partial charge in [-0.15, -0.1) is 11.3 Å². The van der Waals surface area contributed by atoms with Crippen LogP contribution in [0.2, 0.25) is 19.6 Å². The van der Waals surface area contributed by atoms with Crippen LogP contribution in [0.4, 0.5) is 0 Å². The molecule has 0 aromatic carbocycles. The van der Waals surface area contributed by atoms with Gasteiger partial charge in [-0.3, -0.25) is 0 Å². The van der Waals surface area contributed by atoms with Crippen LogP contribution in [0.25, 0.3) is 0 Å². The summed E-state index contributed by atoms with van der Waals surface area (Å²) in [5.41, 5.74) is 1.56. The number of hydrogen-bond acceptors (Lipinski definition) is 1. The number of quaternary nitrogens is 1. The Morgan fingerprint density at radius 1 is 1.19 bits per heavy atom. The minimum absolute atomic E-state index is 0. The number of nitrogens with zero attached hydrogens (tertiary/aromatic N) is 1. The van der Waals surface area contributed by atoms with E-state index in [1.807, 2.05) is 11.3 Å². The van der Waals surface area contributed by atoms with Crippen LogP contribution in [0, 0.1) is 0 Å². The van der Waals surface area contributed by atoms with Crippen LogP contribution in [0.3, 0.4) is 0 Å². The van der Waals surface area contributed by atoms with Crippen LogP contribution < -0.4 is 24.0 Å². The zero-order valence-corrected chi connectivity index (χ0v) is 15.3. The third-order valence-electron chi connectivity index (χ3n) is 2.17. The van der Waals surface area contributed by atoms with Gasteiger partial charge in [-0.1, -0.05) is 19.6 Å². The molecule has 0 atom stereocenters. The fourth-order valence-electron chi connectivity index (χ4n) is 1.66. The molecule has 0 spiro atoms. The van der Waals surface area contributed by atoms with E-state index in [4.69, 9.17) is 0 Å². The lowest BCUT2D eigenvalue weighted by Crippen LogP contribution is -3.00. The molecule has 94 valence electrons. The van der Waals surface area contributed by atoms with E-state index in [9.17, 15) is 0 Å². The van der Waals surface area contributed by atoms with Gasteiger partial charge in [-0.2, -0.15) is 0 Å². The Bertz CT molecular complexity index is 292. The molecule has 1 aromatic rings. The van der Waals surface area contributed by atoms with Gasteiger partial charge in [-0.25, -0.2) is 0 Å². The van der Waals surface area contributed by atoms with Crippen molar-refractivity contribution in [3.63, 3.8) is 0 Å². The molecule has 0 aliphatic heterocycles. The van der Waals surface area contributed by atoms with E-state index in [1.54, 1.807) is 10.4 Å². The zero-order chi connectivity index (χ0) is 11.7. The van der Waals surface area contributed by atoms with E-state index in [0.717, 1.165) is 11.0 Å². The van der Waals surface area contributed by atoms with Crippen molar-refractivity contribution in [2.75, 3.05) is 21.1 Å². The molecule has 1 aromatic heterocycles. The van der Waals surface area contributed by atoms with Gasteiger partial charge in [0.1, 0.15) is 6.54 Å². The fourth-order valence-corrected chi connectivity index (χ4v) is 5.16. The van der Waals surface area contributed by atoms with Crippen molar-refractivity contribution in [2.45, 2.75) is 32.2 Å². The lowest BCUT2D eigenvalue weighted by atomic mass is 10.2. The number of halogens is 1. The first-order chi connectivity index (χ1) is 6.67. The molecule has 1 heterocycles. The monoisotopic (exact) mass is 369 g/mol. The summed E-state index contributed by atoms with van der Waals surface area (Å²) < 4.78 is 1.02. The van der Waals surface area contributed by atoms with Gasteiger partial charge in [0.15, 0.2) is 0 Å². The third-order valence-corrected chi connectivity index (χ3v) is 4.81. The van der Waals surface area contributed by atoms with Gasteiger partial charge in [0.25, 0.3) is 0 Å². The van der Waals surface area contributed by atoms with E-state index in [1.165, 1.54) is 6.04 Å². The standard InChI is InChI=1S/C12H24NSSi.HI/c1-13(2,3)9-11-7-8-14-12(11)10-15(4,5)6;/h7-8H,9-10H2,1-6H3;1H/q+1;/p-1. The molecule has 0 N–H and O–H groups in total. The average molecular weight is 369 g/mol. The molecular formula is C12H24INSSi. The maximum atomic E-state index is 2.45. The van der Waals surface area contributed by atoms with Crippen LogP contribution in [0.1, 0.15) is 10.4 Å². The molecule has 0 saturated carbocycles. The van der Waals surface area contributed by atoms with E-state index in [0.29, 0.717) is 0 Å². The van der Waals surface area contributed by atoms with Gasteiger partial charge in [0.2, 0.25) is 0 Å². The maximum Gasteiger partial charge on any atom is 0.105 e. The summed E-state index contributed by atoms with van der Waals surface area (Å²) in [5.74, 6) is 0. The van der Waals surface area contributed by atoms with Gasteiger partial charge < -0.3 is 28.5 Å². The van der Waals surface area contributed by atoms with Crippen LogP contribution in [-0.4, -0.2) is 33.7 Å². The molecule has 4 heteroatoms. The molecule has 0 amide bonds. The number of hydrogen-bond donors (Lipinski definition) is 0. The van der Waals surface area contributed by atoms with Crippen molar-refractivity contribution in [1.29, 1.82) is 0 Å². The first kappa shape index (κ1) is 16.6. The van der Waals surface area contributed by atoms with E-state index >= 15 is 0 Å². The topological polar surface area (TPSA) is 0 Å². The molecule has 1 nitrogen and oxygen atoms in total. The molecule has 0 radical (unpaired) electrons. The smallest absolute Gasteiger partial charge is 0.105 e. The first-order valence-electron chi connectivity index (χ1n) is 5.53. The normalized spacial score (nSPS) is 12.4. The highest BCUT2D eigenvalue weighted by molar-refractivity contribution is 7.10. The Balaban J connectivity index is 0.00000225. The van der Waals surface area contributed by atoms with E-state index in [-0.39, 0.29) is 24.0 Å². The van der Waals surface area contributed by atoms with Crippen molar-refractivity contribution < 1.29 is 28.5 Å². The van der Waals surface area contributed by atoms with E-state index in [2.05, 4.69) is 52.2 Å². The molecule has 0 fully saturated rings. The molecular weight excluding hydrogens is 345 g/mol. The Hall–Kier alpha value is 0.607. The zero-order valence-electron chi connectivity index (χ0n) is 11.3. The summed E-state index contributed by atoms with van der Waals surface area (Å²) in [7, 11) is 5.81. The van der Waals surface area contributed by atoms with Gasteiger partial charge in [-0.05, 0) is 17.5 Å². The van der Waals surface area contributed by atoms with Crippen molar-refractivity contribution >= 4 is 19.4 Å². The molecule has 0 saturated heterocycles. The highest BCUT2D eigenvalue weighted by Crippen LogP contribution is 2.23. The summed E-state index contributed by atoms with van der Waals surface area (Å²) >= 11 is 1.94. The SMILES string of the molecule is C[N+](C)(C)Cc1ccsc1C[Si](C)(C)C.[I-]. The highest BCUT2D eigenvalue weighted by atomic mass is 127. The number of thiophene rings is 1. The van der Waals surface area contributed by atoms with Gasteiger partial charge in [0, 0.05) is 18.5 Å².